The molecule has 0 atom stereocenters. The molecule has 0 fully saturated rings. The fourth-order valence-electron chi connectivity index (χ4n) is 6.51. The molecule has 0 N–H and O–H groups in total. The molecule has 5 aromatic carbocycles. The van der Waals surface area contributed by atoms with Crippen LogP contribution in [0.4, 0.5) is 0 Å². The first-order valence-corrected chi connectivity index (χ1v) is 15.6. The topological polar surface area (TPSA) is 96.1 Å². The Balaban J connectivity index is 1.03. The zero-order chi connectivity index (χ0) is 32.2. The third-order valence-corrected chi connectivity index (χ3v) is 8.84. The van der Waals surface area contributed by atoms with Crippen LogP contribution < -0.4 is 11.3 Å². The zero-order valence-corrected chi connectivity index (χ0v) is 25.5. The number of nitrogens with zero attached hydrogens (tertiary/aromatic N) is 4. The van der Waals surface area contributed by atoms with Gasteiger partial charge in [-0.1, -0.05) is 84.9 Å². The average molecular weight is 627 g/mol. The molecule has 0 saturated carbocycles. The highest BCUT2D eigenvalue weighted by molar-refractivity contribution is 5.96. The van der Waals surface area contributed by atoms with Gasteiger partial charge in [0.1, 0.15) is 0 Å². The number of benzene rings is 5. The second kappa shape index (κ2) is 11.1. The minimum Gasteiger partial charge on any atom is -0.403 e. The van der Waals surface area contributed by atoms with Crippen molar-refractivity contribution >= 4 is 43.6 Å². The number of para-hydroxylation sites is 4. The molecule has 0 bridgehead atoms. The normalized spacial score (nSPS) is 11.7. The summed E-state index contributed by atoms with van der Waals surface area (Å²) in [4.78, 5) is 34.8. The molecular weight excluding hydrogens is 600 g/mol. The maximum absolute atomic E-state index is 12.7. The van der Waals surface area contributed by atoms with E-state index >= 15 is 0 Å². The van der Waals surface area contributed by atoms with Crippen molar-refractivity contribution in [1.82, 2.24) is 19.1 Å². The number of fused-ring (bicyclic) bond motifs is 4. The minimum absolute atomic E-state index is 0.306. The standard InChI is InChI=1S/C40H26N4O4/c45-39-29-11-1-5-13-33(29)41-37(47-39)31-23-43(35-15-7-3-9-27(31)35)21-25-17-19-26(20-18-25)22-44-24-32(28-10-4-8-16-36(28)44)38-42-34-14-6-2-12-30(34)40(46)48-38/h1-20,23-24H,21-22H2. The van der Waals surface area contributed by atoms with Crippen molar-refractivity contribution in [1.29, 1.82) is 0 Å². The molecule has 8 nitrogen and oxygen atoms in total. The van der Waals surface area contributed by atoms with Gasteiger partial charge < -0.3 is 18.0 Å². The molecule has 230 valence electrons. The summed E-state index contributed by atoms with van der Waals surface area (Å²) in [6.45, 7) is 1.25. The molecule has 9 rings (SSSR count). The van der Waals surface area contributed by atoms with Crippen molar-refractivity contribution < 1.29 is 8.83 Å². The Morgan fingerprint density at radius 3 is 1.27 bits per heavy atom. The Morgan fingerprint density at radius 1 is 0.458 bits per heavy atom. The van der Waals surface area contributed by atoms with Crippen molar-refractivity contribution in [2.45, 2.75) is 13.1 Å². The Hall–Kier alpha value is -6.54. The number of aromatic nitrogens is 4. The summed E-state index contributed by atoms with van der Waals surface area (Å²) in [5.41, 5.74) is 6.26. The first kappa shape index (κ1) is 27.7. The van der Waals surface area contributed by atoms with E-state index in [2.05, 4.69) is 55.5 Å². The van der Waals surface area contributed by atoms with Crippen LogP contribution in [0.3, 0.4) is 0 Å². The highest BCUT2D eigenvalue weighted by atomic mass is 16.4. The molecule has 0 amide bonds. The van der Waals surface area contributed by atoms with Crippen LogP contribution in [0.2, 0.25) is 0 Å². The average Bonchev–Trinajstić information content (AvgIpc) is 3.67. The Labute approximate surface area is 272 Å². The molecule has 4 aromatic heterocycles. The van der Waals surface area contributed by atoms with Crippen LogP contribution in [0.1, 0.15) is 11.1 Å². The van der Waals surface area contributed by atoms with Crippen LogP contribution >= 0.6 is 0 Å². The van der Waals surface area contributed by atoms with E-state index in [1.54, 1.807) is 24.3 Å². The van der Waals surface area contributed by atoms with Crippen LogP contribution in [0.25, 0.3) is 66.5 Å². The first-order valence-electron chi connectivity index (χ1n) is 15.6. The van der Waals surface area contributed by atoms with Crippen molar-refractivity contribution in [2.24, 2.45) is 0 Å². The molecule has 0 saturated heterocycles. The second-order valence-electron chi connectivity index (χ2n) is 11.8. The first-order chi connectivity index (χ1) is 23.6. The van der Waals surface area contributed by atoms with Gasteiger partial charge in [0.2, 0.25) is 11.8 Å². The third kappa shape index (κ3) is 4.70. The molecule has 4 heterocycles. The van der Waals surface area contributed by atoms with Crippen molar-refractivity contribution in [3.05, 3.63) is 166 Å². The minimum atomic E-state index is -0.399. The SMILES string of the molecule is O=c1oc(-c2cn(Cc3ccc(Cn4cc(-c5nc6ccccc6c(=O)o5)c5ccccc54)cc3)c3ccccc23)nc2ccccc12. The van der Waals surface area contributed by atoms with E-state index in [9.17, 15) is 9.59 Å². The van der Waals surface area contributed by atoms with E-state index in [1.165, 1.54) is 0 Å². The summed E-state index contributed by atoms with van der Waals surface area (Å²) in [5.74, 6) is 0.612. The van der Waals surface area contributed by atoms with Crippen molar-refractivity contribution in [2.75, 3.05) is 0 Å². The molecule has 0 radical (unpaired) electrons. The molecule has 0 spiro atoms. The van der Waals surface area contributed by atoms with Gasteiger partial charge in [0.25, 0.3) is 0 Å². The predicted octanol–water partition coefficient (Wildman–Crippen LogP) is 8.03. The zero-order valence-electron chi connectivity index (χ0n) is 25.5. The fraction of sp³-hybridized carbons (Fsp3) is 0.0500. The summed E-state index contributed by atoms with van der Waals surface area (Å²) in [6, 6.07) is 39.1. The van der Waals surface area contributed by atoms with Gasteiger partial charge in [-0.15, -0.1) is 0 Å². The van der Waals surface area contributed by atoms with E-state index in [0.29, 0.717) is 46.7 Å². The summed E-state index contributed by atoms with van der Waals surface area (Å²) in [6.07, 6.45) is 4.01. The molecule has 0 aliphatic heterocycles. The fourth-order valence-corrected chi connectivity index (χ4v) is 6.51. The van der Waals surface area contributed by atoms with E-state index < -0.39 is 11.3 Å². The third-order valence-electron chi connectivity index (χ3n) is 8.84. The lowest BCUT2D eigenvalue weighted by Crippen LogP contribution is -2.03. The van der Waals surface area contributed by atoms with Crippen LogP contribution in [-0.2, 0) is 13.1 Å². The van der Waals surface area contributed by atoms with Crippen LogP contribution in [0.15, 0.2) is 152 Å². The smallest absolute Gasteiger partial charge is 0.347 e. The number of hydrogen-bond donors (Lipinski definition) is 0. The highest BCUT2D eigenvalue weighted by Crippen LogP contribution is 2.32. The van der Waals surface area contributed by atoms with E-state index in [4.69, 9.17) is 8.83 Å². The quantitative estimate of drug-likeness (QED) is 0.185. The molecular formula is C40H26N4O4. The van der Waals surface area contributed by atoms with Crippen molar-refractivity contribution in [3.8, 4) is 22.9 Å². The molecule has 0 aliphatic rings. The molecule has 0 unspecified atom stereocenters. The monoisotopic (exact) mass is 626 g/mol. The highest BCUT2D eigenvalue weighted by Gasteiger charge is 2.17. The van der Waals surface area contributed by atoms with Crippen LogP contribution in [0.5, 0.6) is 0 Å². The Bertz CT molecular complexity index is 2590. The van der Waals surface area contributed by atoms with E-state index in [1.807, 2.05) is 73.1 Å². The molecule has 48 heavy (non-hydrogen) atoms. The maximum atomic E-state index is 12.7. The summed E-state index contributed by atoms with van der Waals surface area (Å²) in [7, 11) is 0. The van der Waals surface area contributed by atoms with Gasteiger partial charge in [-0.05, 0) is 47.5 Å². The van der Waals surface area contributed by atoms with Crippen LogP contribution in [0, 0.1) is 0 Å². The Kier molecular flexibility index (Phi) is 6.39. The van der Waals surface area contributed by atoms with Gasteiger partial charge in [0.15, 0.2) is 0 Å². The molecule has 9 aromatic rings. The maximum Gasteiger partial charge on any atom is 0.347 e. The van der Waals surface area contributed by atoms with Gasteiger partial charge in [-0.25, -0.2) is 19.6 Å². The number of rotatable bonds is 6. The van der Waals surface area contributed by atoms with E-state index in [0.717, 1.165) is 44.1 Å². The lowest BCUT2D eigenvalue weighted by molar-refractivity contribution is 0.518. The largest absolute Gasteiger partial charge is 0.403 e. The van der Waals surface area contributed by atoms with Crippen molar-refractivity contribution in [3.63, 3.8) is 0 Å². The van der Waals surface area contributed by atoms with Gasteiger partial charge in [-0.2, -0.15) is 0 Å². The summed E-state index contributed by atoms with van der Waals surface area (Å²) < 4.78 is 15.7. The predicted molar refractivity (Wildman–Crippen MR) is 187 cm³/mol. The second-order valence-corrected chi connectivity index (χ2v) is 11.8. The lowest BCUT2D eigenvalue weighted by Gasteiger charge is -2.09. The molecule has 0 aliphatic carbocycles. The van der Waals surface area contributed by atoms with Gasteiger partial charge in [0, 0.05) is 47.3 Å². The van der Waals surface area contributed by atoms with Gasteiger partial charge >= 0.3 is 11.3 Å². The lowest BCUT2D eigenvalue weighted by atomic mass is 10.1. The summed E-state index contributed by atoms with van der Waals surface area (Å²) in [5, 5.41) is 2.86. The summed E-state index contributed by atoms with van der Waals surface area (Å²) >= 11 is 0. The Morgan fingerprint density at radius 2 is 0.833 bits per heavy atom. The van der Waals surface area contributed by atoms with E-state index in [-0.39, 0.29) is 0 Å². The molecule has 8 heteroatoms. The van der Waals surface area contributed by atoms with Crippen LogP contribution in [-0.4, -0.2) is 19.1 Å². The van der Waals surface area contributed by atoms with Gasteiger partial charge in [-0.3, -0.25) is 0 Å². The van der Waals surface area contributed by atoms with Gasteiger partial charge in [0.05, 0.1) is 32.9 Å². The number of hydrogen-bond acceptors (Lipinski definition) is 6.